The zero-order valence-corrected chi connectivity index (χ0v) is 15.0. The maximum absolute atomic E-state index is 12.8. The number of rotatable bonds is 2. The number of piperidine rings is 2. The molecule has 1 N–H and O–H groups in total. The van der Waals surface area contributed by atoms with Gasteiger partial charge in [0.25, 0.3) is 5.91 Å². The number of likely N-dealkylation sites (N-methyl/N-ethyl adjacent to an activating group) is 1. The molecule has 2 aromatic rings. The van der Waals surface area contributed by atoms with Crippen LogP contribution in [0.2, 0.25) is 0 Å². The van der Waals surface area contributed by atoms with Crippen molar-refractivity contribution in [3.05, 3.63) is 36.2 Å². The van der Waals surface area contributed by atoms with Gasteiger partial charge in [-0.1, -0.05) is 0 Å². The van der Waals surface area contributed by atoms with E-state index in [-0.39, 0.29) is 17.4 Å². The number of nitrogens with zero attached hydrogens (tertiary/aromatic N) is 6. The molecule has 4 rings (SSSR count). The Balaban J connectivity index is 1.40. The van der Waals surface area contributed by atoms with E-state index in [2.05, 4.69) is 27.5 Å². The molecule has 1 amide bonds. The molecule has 2 aliphatic heterocycles. The Kier molecular flexibility index (Phi) is 4.46. The fourth-order valence-electron chi connectivity index (χ4n) is 4.39. The van der Waals surface area contributed by atoms with E-state index >= 15 is 0 Å². The number of aliphatic hydroxyl groups excluding tert-OH is 1. The van der Waals surface area contributed by atoms with Crippen LogP contribution in [0.1, 0.15) is 29.6 Å². The van der Waals surface area contributed by atoms with Gasteiger partial charge >= 0.3 is 0 Å². The Bertz CT molecular complexity index is 740. The number of tetrazole rings is 1. The summed E-state index contributed by atoms with van der Waals surface area (Å²) in [7, 11) is 2.06. The van der Waals surface area contributed by atoms with Crippen molar-refractivity contribution < 1.29 is 9.90 Å². The molecule has 0 radical (unpaired) electrons. The van der Waals surface area contributed by atoms with Crippen LogP contribution in [0.3, 0.4) is 0 Å². The number of carbonyl (C=O) groups is 1. The van der Waals surface area contributed by atoms with Gasteiger partial charge in [-0.25, -0.2) is 4.68 Å². The second-order valence-electron chi connectivity index (χ2n) is 7.65. The summed E-state index contributed by atoms with van der Waals surface area (Å²) in [6.45, 7) is 3.24. The summed E-state index contributed by atoms with van der Waals surface area (Å²) in [5, 5.41) is 21.2. The van der Waals surface area contributed by atoms with Gasteiger partial charge in [-0.05, 0) is 66.4 Å². The summed E-state index contributed by atoms with van der Waals surface area (Å²) in [6.07, 6.45) is 4.01. The van der Waals surface area contributed by atoms with E-state index in [1.807, 2.05) is 29.2 Å². The predicted molar refractivity (Wildman–Crippen MR) is 94.8 cm³/mol. The van der Waals surface area contributed by atoms with Gasteiger partial charge in [0.05, 0.1) is 11.8 Å². The molecule has 1 aromatic carbocycles. The highest BCUT2D eigenvalue weighted by atomic mass is 16.3. The second kappa shape index (κ2) is 6.77. The van der Waals surface area contributed by atoms with Crippen molar-refractivity contribution in [2.24, 2.45) is 5.41 Å². The number of amides is 1. The number of aliphatic hydroxyl groups is 1. The van der Waals surface area contributed by atoms with Crippen molar-refractivity contribution in [2.75, 3.05) is 33.2 Å². The molecule has 1 spiro atoms. The lowest BCUT2D eigenvalue weighted by atomic mass is 9.71. The lowest BCUT2D eigenvalue weighted by Crippen LogP contribution is -2.53. The Morgan fingerprint density at radius 3 is 2.58 bits per heavy atom. The average molecular weight is 356 g/mol. The van der Waals surface area contributed by atoms with Gasteiger partial charge in [-0.3, -0.25) is 4.79 Å². The quantitative estimate of drug-likeness (QED) is 0.847. The summed E-state index contributed by atoms with van der Waals surface area (Å²) in [5.41, 5.74) is 1.65. The van der Waals surface area contributed by atoms with Crippen LogP contribution in [0.15, 0.2) is 30.6 Å². The largest absolute Gasteiger partial charge is 0.392 e. The summed E-state index contributed by atoms with van der Waals surface area (Å²) in [5.74, 6) is 0.0628. The first kappa shape index (κ1) is 17.1. The Morgan fingerprint density at radius 2 is 1.96 bits per heavy atom. The number of β-amino-alcohol motifs (C(OH)–C–C–N with tert-alkyl or cyclic N) is 1. The minimum absolute atomic E-state index is 0.0628. The van der Waals surface area contributed by atoms with Crippen molar-refractivity contribution in [3.63, 3.8) is 0 Å². The monoisotopic (exact) mass is 356 g/mol. The molecular formula is C18H24N6O2. The van der Waals surface area contributed by atoms with E-state index in [1.165, 1.54) is 6.33 Å². The van der Waals surface area contributed by atoms with E-state index in [4.69, 9.17) is 0 Å². The van der Waals surface area contributed by atoms with Crippen LogP contribution in [0.25, 0.3) is 5.69 Å². The van der Waals surface area contributed by atoms with Crippen LogP contribution in [-0.2, 0) is 0 Å². The van der Waals surface area contributed by atoms with Crippen LogP contribution >= 0.6 is 0 Å². The van der Waals surface area contributed by atoms with Crippen LogP contribution < -0.4 is 0 Å². The van der Waals surface area contributed by atoms with E-state index < -0.39 is 0 Å². The molecule has 2 aliphatic rings. The normalized spacial score (nSPS) is 23.3. The number of aromatic nitrogens is 4. The van der Waals surface area contributed by atoms with Gasteiger partial charge in [-0.15, -0.1) is 5.10 Å². The first-order chi connectivity index (χ1) is 12.5. The molecule has 1 atom stereocenters. The topological polar surface area (TPSA) is 87.4 Å². The molecule has 0 saturated carbocycles. The van der Waals surface area contributed by atoms with Crippen molar-refractivity contribution in [1.29, 1.82) is 0 Å². The van der Waals surface area contributed by atoms with Gasteiger partial charge in [0, 0.05) is 31.7 Å². The minimum Gasteiger partial charge on any atom is -0.392 e. The molecule has 26 heavy (non-hydrogen) atoms. The molecule has 8 heteroatoms. The van der Waals surface area contributed by atoms with Crippen molar-refractivity contribution in [3.8, 4) is 5.69 Å². The van der Waals surface area contributed by atoms with Gasteiger partial charge in [0.2, 0.25) is 0 Å². The molecule has 2 fully saturated rings. The first-order valence-corrected chi connectivity index (χ1v) is 9.04. The number of hydrogen-bond acceptors (Lipinski definition) is 6. The fraction of sp³-hybridized carbons (Fsp3) is 0.556. The van der Waals surface area contributed by atoms with Crippen molar-refractivity contribution in [1.82, 2.24) is 30.0 Å². The number of likely N-dealkylation sites (tertiary alicyclic amines) is 2. The summed E-state index contributed by atoms with van der Waals surface area (Å²) >= 11 is 0. The molecule has 0 bridgehead atoms. The van der Waals surface area contributed by atoms with Gasteiger partial charge in [-0.2, -0.15) is 0 Å². The van der Waals surface area contributed by atoms with E-state index in [1.54, 1.807) is 4.68 Å². The molecule has 1 aromatic heterocycles. The third-order valence-corrected chi connectivity index (χ3v) is 5.64. The molecular weight excluding hydrogens is 332 g/mol. The summed E-state index contributed by atoms with van der Waals surface area (Å²) in [4.78, 5) is 17.0. The van der Waals surface area contributed by atoms with Crippen LogP contribution in [-0.4, -0.2) is 80.4 Å². The van der Waals surface area contributed by atoms with Crippen molar-refractivity contribution >= 4 is 5.91 Å². The maximum Gasteiger partial charge on any atom is 0.253 e. The Hall–Kier alpha value is -2.32. The van der Waals surface area contributed by atoms with Gasteiger partial charge < -0.3 is 14.9 Å². The smallest absolute Gasteiger partial charge is 0.253 e. The van der Waals surface area contributed by atoms with E-state index in [0.717, 1.165) is 51.1 Å². The van der Waals surface area contributed by atoms with Gasteiger partial charge in [0.1, 0.15) is 6.33 Å². The third-order valence-electron chi connectivity index (χ3n) is 5.64. The highest BCUT2D eigenvalue weighted by Gasteiger charge is 2.41. The summed E-state index contributed by atoms with van der Waals surface area (Å²) < 4.78 is 1.56. The molecule has 1 unspecified atom stereocenters. The zero-order chi connectivity index (χ0) is 18.1. The second-order valence-corrected chi connectivity index (χ2v) is 7.65. The van der Waals surface area contributed by atoms with Gasteiger partial charge in [0.15, 0.2) is 0 Å². The molecule has 2 saturated heterocycles. The highest BCUT2D eigenvalue weighted by Crippen LogP contribution is 2.39. The Labute approximate surface area is 152 Å². The van der Waals surface area contributed by atoms with Crippen molar-refractivity contribution in [2.45, 2.75) is 25.4 Å². The van der Waals surface area contributed by atoms with Crippen LogP contribution in [0, 0.1) is 5.41 Å². The minimum atomic E-state index is -0.255. The number of hydrogen-bond donors (Lipinski definition) is 1. The molecule has 3 heterocycles. The van der Waals surface area contributed by atoms with Crippen LogP contribution in [0.4, 0.5) is 0 Å². The third kappa shape index (κ3) is 3.34. The SMILES string of the molecule is CN1CC(O)CC2(CCN(C(=O)c3ccc(-n4cnnn4)cc3)CC2)C1. The lowest BCUT2D eigenvalue weighted by molar-refractivity contribution is -0.0286. The zero-order valence-electron chi connectivity index (χ0n) is 15.0. The lowest BCUT2D eigenvalue weighted by Gasteiger charge is -2.48. The molecule has 138 valence electrons. The average Bonchev–Trinajstić information content (AvgIpc) is 3.15. The number of carbonyl (C=O) groups excluding carboxylic acids is 1. The predicted octanol–water partition coefficient (Wildman–Crippen LogP) is 0.581. The number of benzene rings is 1. The fourth-order valence-corrected chi connectivity index (χ4v) is 4.39. The van der Waals surface area contributed by atoms with Crippen LogP contribution in [0.5, 0.6) is 0 Å². The Morgan fingerprint density at radius 1 is 1.23 bits per heavy atom. The maximum atomic E-state index is 12.8. The van der Waals surface area contributed by atoms with E-state index in [9.17, 15) is 9.90 Å². The summed E-state index contributed by atoms with van der Waals surface area (Å²) in [6, 6.07) is 7.34. The molecule has 0 aliphatic carbocycles. The standard InChI is InChI=1S/C18H24N6O2/c1-22-11-16(25)10-18(12-22)6-8-23(9-7-18)17(26)14-2-4-15(5-3-14)24-13-19-20-21-24/h2-5,13,16,25H,6-12H2,1H3. The highest BCUT2D eigenvalue weighted by molar-refractivity contribution is 5.94. The van der Waals surface area contributed by atoms with E-state index in [0.29, 0.717) is 5.56 Å². The first-order valence-electron chi connectivity index (χ1n) is 9.04. The molecule has 8 nitrogen and oxygen atoms in total.